The second kappa shape index (κ2) is 5.74. The van der Waals surface area contributed by atoms with E-state index in [-0.39, 0.29) is 11.7 Å². The van der Waals surface area contributed by atoms with Crippen molar-refractivity contribution < 1.29 is 4.39 Å². The average molecular weight is 321 g/mol. The van der Waals surface area contributed by atoms with Crippen LogP contribution in [0, 0.1) is 5.82 Å². The fraction of sp³-hybridized carbons (Fsp3) is 0.286. The molecule has 1 aromatic carbocycles. The minimum atomic E-state index is -0.287. The lowest BCUT2D eigenvalue weighted by Gasteiger charge is -2.22. The lowest BCUT2D eigenvalue weighted by Crippen LogP contribution is -2.11. The number of halogens is 4. The molecule has 0 N–H and O–H groups in total. The minimum absolute atomic E-state index is 0.270. The molecule has 2 rings (SSSR count). The molecule has 0 saturated heterocycles. The molecule has 0 aromatic heterocycles. The van der Waals surface area contributed by atoms with Crippen LogP contribution in [-0.2, 0) is 0 Å². The van der Waals surface area contributed by atoms with E-state index in [4.69, 9.17) is 34.8 Å². The summed E-state index contributed by atoms with van der Waals surface area (Å²) < 4.78 is 14.2. The predicted molar refractivity (Wildman–Crippen MR) is 80.8 cm³/mol. The lowest BCUT2D eigenvalue weighted by molar-refractivity contribution is 0.597. The molecular formula is C14H13Cl3FN. The summed E-state index contributed by atoms with van der Waals surface area (Å²) in [7, 11) is 3.72. The Morgan fingerprint density at radius 1 is 1.21 bits per heavy atom. The first-order valence-corrected chi connectivity index (χ1v) is 6.93. The molecule has 0 spiro atoms. The van der Waals surface area contributed by atoms with Crippen LogP contribution in [0.25, 0.3) is 0 Å². The summed E-state index contributed by atoms with van der Waals surface area (Å²) in [6, 6.07) is 5.10. The van der Waals surface area contributed by atoms with Crippen LogP contribution in [-0.4, -0.2) is 14.1 Å². The first-order chi connectivity index (χ1) is 8.91. The Labute approximate surface area is 127 Å². The Balaban J connectivity index is 2.39. The first-order valence-electron chi connectivity index (χ1n) is 5.79. The fourth-order valence-corrected chi connectivity index (χ4v) is 2.78. The number of hydrogen-bond donors (Lipinski definition) is 0. The molecule has 1 aliphatic carbocycles. The summed E-state index contributed by atoms with van der Waals surface area (Å²) in [6.07, 6.45) is 2.31. The highest BCUT2D eigenvalue weighted by atomic mass is 35.5. The van der Waals surface area contributed by atoms with Crippen molar-refractivity contribution in [2.75, 3.05) is 19.0 Å². The van der Waals surface area contributed by atoms with Crippen LogP contribution in [0.1, 0.15) is 17.9 Å². The normalized spacial score (nSPS) is 19.5. The van der Waals surface area contributed by atoms with Gasteiger partial charge in [-0.25, -0.2) is 4.39 Å². The van der Waals surface area contributed by atoms with Crippen molar-refractivity contribution in [2.24, 2.45) is 0 Å². The minimum Gasteiger partial charge on any atom is -0.378 e. The van der Waals surface area contributed by atoms with Crippen molar-refractivity contribution >= 4 is 40.5 Å². The van der Waals surface area contributed by atoms with Crippen molar-refractivity contribution in [3.8, 4) is 0 Å². The highest BCUT2D eigenvalue weighted by Crippen LogP contribution is 2.43. The summed E-state index contributed by atoms with van der Waals surface area (Å²) in [4.78, 5) is 1.84. The number of hydrogen-bond acceptors (Lipinski definition) is 1. The number of allylic oxidation sites excluding steroid dienone is 4. The molecule has 5 heteroatoms. The number of anilines is 1. The molecule has 0 radical (unpaired) electrons. The summed E-state index contributed by atoms with van der Waals surface area (Å²) in [5, 5.41) is 1.12. The van der Waals surface area contributed by atoms with Crippen molar-refractivity contribution in [1.29, 1.82) is 0 Å². The Kier molecular flexibility index (Phi) is 4.44. The van der Waals surface area contributed by atoms with Gasteiger partial charge < -0.3 is 4.90 Å². The van der Waals surface area contributed by atoms with E-state index in [9.17, 15) is 4.39 Å². The third-order valence-electron chi connectivity index (χ3n) is 3.13. The molecule has 0 aliphatic heterocycles. The van der Waals surface area contributed by atoms with Gasteiger partial charge in [-0.15, -0.1) is 0 Å². The molecule has 102 valence electrons. The van der Waals surface area contributed by atoms with Crippen LogP contribution in [0.2, 0.25) is 0 Å². The molecule has 1 atom stereocenters. The van der Waals surface area contributed by atoms with Crippen LogP contribution < -0.4 is 4.90 Å². The third kappa shape index (κ3) is 2.91. The quantitative estimate of drug-likeness (QED) is 0.724. The van der Waals surface area contributed by atoms with E-state index in [1.54, 1.807) is 12.1 Å². The number of benzene rings is 1. The number of nitrogens with zero attached hydrogens (tertiary/aromatic N) is 1. The first kappa shape index (κ1) is 14.7. The summed E-state index contributed by atoms with van der Waals surface area (Å²) >= 11 is 18.1. The van der Waals surface area contributed by atoms with E-state index in [0.717, 1.165) is 5.69 Å². The van der Waals surface area contributed by atoms with Crippen LogP contribution in [0.15, 0.2) is 39.4 Å². The van der Waals surface area contributed by atoms with E-state index < -0.39 is 0 Å². The Morgan fingerprint density at radius 2 is 1.89 bits per heavy atom. The van der Waals surface area contributed by atoms with Crippen LogP contribution in [0.3, 0.4) is 0 Å². The fourth-order valence-electron chi connectivity index (χ4n) is 2.02. The van der Waals surface area contributed by atoms with Gasteiger partial charge in [0.15, 0.2) is 0 Å². The van der Waals surface area contributed by atoms with Crippen molar-refractivity contribution in [1.82, 2.24) is 0 Å². The smallest absolute Gasteiger partial charge is 0.129 e. The van der Waals surface area contributed by atoms with Gasteiger partial charge in [0.05, 0.1) is 10.1 Å². The summed E-state index contributed by atoms with van der Waals surface area (Å²) in [5.41, 5.74) is 1.34. The zero-order valence-corrected chi connectivity index (χ0v) is 12.8. The summed E-state index contributed by atoms with van der Waals surface area (Å²) in [5.74, 6) is -0.557. The Morgan fingerprint density at radius 3 is 2.47 bits per heavy atom. The van der Waals surface area contributed by atoms with Gasteiger partial charge >= 0.3 is 0 Å². The maximum atomic E-state index is 14.2. The third-order valence-corrected chi connectivity index (χ3v) is 4.53. The highest BCUT2D eigenvalue weighted by molar-refractivity contribution is 6.48. The van der Waals surface area contributed by atoms with Crippen molar-refractivity contribution in [2.45, 2.75) is 12.3 Å². The molecule has 0 amide bonds. The SMILES string of the molecule is CN(C)c1ccc(C2CC=C(Cl)C(Cl)=C2Cl)c(F)c1. The standard InChI is InChI=1S/C14H13Cl3FN/c1-19(2)8-3-4-9(12(18)7-8)10-5-6-11(15)14(17)13(10)16/h3-4,6-7,10H,5H2,1-2H3. The molecule has 0 heterocycles. The molecule has 1 aliphatic rings. The van der Waals surface area contributed by atoms with E-state index in [1.165, 1.54) is 6.07 Å². The lowest BCUT2D eigenvalue weighted by atomic mass is 9.91. The molecule has 0 saturated carbocycles. The van der Waals surface area contributed by atoms with Gasteiger partial charge in [-0.3, -0.25) is 0 Å². The number of rotatable bonds is 2. The highest BCUT2D eigenvalue weighted by Gasteiger charge is 2.25. The van der Waals surface area contributed by atoms with Gasteiger partial charge in [0, 0.05) is 30.7 Å². The van der Waals surface area contributed by atoms with Gasteiger partial charge in [0.1, 0.15) is 5.82 Å². The molecule has 1 nitrogen and oxygen atoms in total. The second-order valence-corrected chi connectivity index (χ2v) is 5.79. The van der Waals surface area contributed by atoms with E-state index >= 15 is 0 Å². The van der Waals surface area contributed by atoms with Gasteiger partial charge in [-0.1, -0.05) is 46.9 Å². The molecule has 19 heavy (non-hydrogen) atoms. The topological polar surface area (TPSA) is 3.24 Å². The van der Waals surface area contributed by atoms with Crippen molar-refractivity contribution in [3.05, 3.63) is 50.8 Å². The zero-order chi connectivity index (χ0) is 14.2. The van der Waals surface area contributed by atoms with Gasteiger partial charge in [0.2, 0.25) is 0 Å². The average Bonchev–Trinajstić information content (AvgIpc) is 2.37. The second-order valence-electron chi connectivity index (χ2n) is 4.60. The molecule has 1 unspecified atom stereocenters. The molecule has 0 bridgehead atoms. The Hall–Kier alpha value is -0.700. The largest absolute Gasteiger partial charge is 0.378 e. The Bertz CT molecular complexity index is 564. The monoisotopic (exact) mass is 319 g/mol. The van der Waals surface area contributed by atoms with E-state index in [2.05, 4.69) is 0 Å². The van der Waals surface area contributed by atoms with Crippen LogP contribution >= 0.6 is 34.8 Å². The zero-order valence-electron chi connectivity index (χ0n) is 10.6. The molecule has 1 aromatic rings. The predicted octanol–water partition coefficient (Wildman–Crippen LogP) is 5.19. The summed E-state index contributed by atoms with van der Waals surface area (Å²) in [6.45, 7) is 0. The van der Waals surface area contributed by atoms with Gasteiger partial charge in [-0.2, -0.15) is 0 Å². The van der Waals surface area contributed by atoms with Crippen molar-refractivity contribution in [3.63, 3.8) is 0 Å². The van der Waals surface area contributed by atoms with Crippen LogP contribution in [0.5, 0.6) is 0 Å². The molecule has 0 fully saturated rings. The van der Waals surface area contributed by atoms with E-state index in [1.807, 2.05) is 25.1 Å². The maximum Gasteiger partial charge on any atom is 0.129 e. The van der Waals surface area contributed by atoms with E-state index in [0.29, 0.717) is 27.1 Å². The van der Waals surface area contributed by atoms with Crippen LogP contribution in [0.4, 0.5) is 10.1 Å². The maximum absolute atomic E-state index is 14.2. The van der Waals surface area contributed by atoms with Gasteiger partial charge in [-0.05, 0) is 24.1 Å². The molecular weight excluding hydrogens is 308 g/mol. The van der Waals surface area contributed by atoms with Gasteiger partial charge in [0.25, 0.3) is 0 Å².